The highest BCUT2D eigenvalue weighted by Gasteiger charge is 2.28. The lowest BCUT2D eigenvalue weighted by Gasteiger charge is -2.27. The molecule has 0 saturated heterocycles. The average Bonchev–Trinajstić information content (AvgIpc) is 2.59. The number of hydrogen-bond acceptors (Lipinski definition) is 5. The second-order valence-electron chi connectivity index (χ2n) is 5.34. The number of hydrogen-bond donors (Lipinski definition) is 1. The summed E-state index contributed by atoms with van der Waals surface area (Å²) in [5, 5.41) is 19.8. The largest absolute Gasteiger partial charge is 0.497 e. The quantitative estimate of drug-likeness (QED) is 0.943. The van der Waals surface area contributed by atoms with Gasteiger partial charge in [-0.15, -0.1) is 0 Å². The summed E-state index contributed by atoms with van der Waals surface area (Å²) in [6.45, 7) is 0. The van der Waals surface area contributed by atoms with Crippen LogP contribution in [0.15, 0.2) is 24.3 Å². The molecule has 1 aliphatic rings. The molecule has 0 fully saturated rings. The van der Waals surface area contributed by atoms with Gasteiger partial charge >= 0.3 is 0 Å². The molecule has 3 rings (SSSR count). The third-order valence-electron chi connectivity index (χ3n) is 4.15. The van der Waals surface area contributed by atoms with E-state index < -0.39 is 6.10 Å². The second-order valence-corrected chi connectivity index (χ2v) is 5.34. The molecule has 2 aromatic rings. The molecule has 1 unspecified atom stereocenters. The van der Waals surface area contributed by atoms with Gasteiger partial charge in [-0.05, 0) is 34.9 Å². The zero-order valence-corrected chi connectivity index (χ0v) is 13.2. The van der Waals surface area contributed by atoms with Crippen molar-refractivity contribution < 1.29 is 19.3 Å². The van der Waals surface area contributed by atoms with Crippen molar-refractivity contribution in [2.75, 3.05) is 21.3 Å². The summed E-state index contributed by atoms with van der Waals surface area (Å²) >= 11 is 0. The van der Waals surface area contributed by atoms with Gasteiger partial charge in [-0.25, -0.2) is 0 Å². The molecule has 5 nitrogen and oxygen atoms in total. The van der Waals surface area contributed by atoms with E-state index in [-0.39, 0.29) is 0 Å². The molecule has 2 aromatic carbocycles. The van der Waals surface area contributed by atoms with Crippen molar-refractivity contribution in [1.29, 1.82) is 5.26 Å². The van der Waals surface area contributed by atoms with Gasteiger partial charge in [0.05, 0.1) is 33.0 Å². The summed E-state index contributed by atoms with van der Waals surface area (Å²) in [6, 6.07) is 9.29. The third-order valence-corrected chi connectivity index (χ3v) is 4.15. The van der Waals surface area contributed by atoms with E-state index in [9.17, 15) is 10.4 Å². The minimum atomic E-state index is -0.670. The van der Waals surface area contributed by atoms with Crippen molar-refractivity contribution in [2.24, 2.45) is 0 Å². The number of nitrogens with zero attached hydrogens (tertiary/aromatic N) is 1. The van der Waals surface area contributed by atoms with Crippen LogP contribution in [0.2, 0.25) is 0 Å². The van der Waals surface area contributed by atoms with Gasteiger partial charge in [0, 0.05) is 18.1 Å². The Bertz CT molecular complexity index is 808. The molecule has 1 N–H and O–H groups in total. The third kappa shape index (κ3) is 2.37. The maximum Gasteiger partial charge on any atom is 0.137 e. The van der Waals surface area contributed by atoms with Gasteiger partial charge in [0.25, 0.3) is 0 Å². The Balaban J connectivity index is 2.32. The molecule has 0 aliphatic heterocycles. The first-order valence-electron chi connectivity index (χ1n) is 7.18. The van der Waals surface area contributed by atoms with Crippen LogP contribution < -0.4 is 14.2 Å². The van der Waals surface area contributed by atoms with Gasteiger partial charge in [0.1, 0.15) is 23.3 Å². The zero-order chi connectivity index (χ0) is 16.6. The molecule has 23 heavy (non-hydrogen) atoms. The first kappa shape index (κ1) is 15.2. The van der Waals surface area contributed by atoms with Gasteiger partial charge in [0.15, 0.2) is 0 Å². The molecule has 1 aliphatic carbocycles. The maximum absolute atomic E-state index is 10.5. The number of ether oxygens (including phenoxy) is 3. The van der Waals surface area contributed by atoms with Crippen LogP contribution in [0.5, 0.6) is 17.2 Å². The lowest BCUT2D eigenvalue weighted by Crippen LogP contribution is -2.12. The lowest BCUT2D eigenvalue weighted by molar-refractivity contribution is 0.176. The van der Waals surface area contributed by atoms with E-state index >= 15 is 0 Å². The second kappa shape index (κ2) is 5.82. The molecule has 118 valence electrons. The Labute approximate surface area is 134 Å². The fraction of sp³-hybridized carbons (Fsp3) is 0.278. The smallest absolute Gasteiger partial charge is 0.137 e. The van der Waals surface area contributed by atoms with Crippen LogP contribution in [0.1, 0.15) is 22.8 Å². The Morgan fingerprint density at radius 2 is 1.78 bits per heavy atom. The van der Waals surface area contributed by atoms with E-state index in [4.69, 9.17) is 14.2 Å². The summed E-state index contributed by atoms with van der Waals surface area (Å²) < 4.78 is 16.0. The molecule has 1 atom stereocenters. The Morgan fingerprint density at radius 3 is 2.39 bits per heavy atom. The summed E-state index contributed by atoms with van der Waals surface area (Å²) in [6.07, 6.45) is -0.221. The zero-order valence-electron chi connectivity index (χ0n) is 13.2. The van der Waals surface area contributed by atoms with Gasteiger partial charge in [-0.2, -0.15) is 5.26 Å². The van der Waals surface area contributed by atoms with Crippen LogP contribution in [-0.2, 0) is 6.42 Å². The van der Waals surface area contributed by atoms with Crippen LogP contribution in [0, 0.1) is 11.3 Å². The highest BCUT2D eigenvalue weighted by molar-refractivity contribution is 5.82. The summed E-state index contributed by atoms with van der Waals surface area (Å²) in [5.41, 5.74) is 3.75. The van der Waals surface area contributed by atoms with Crippen LogP contribution in [0.3, 0.4) is 0 Å². The molecule has 5 heteroatoms. The van der Waals surface area contributed by atoms with E-state index in [0.29, 0.717) is 29.2 Å². The van der Waals surface area contributed by atoms with Crippen LogP contribution in [0.25, 0.3) is 11.1 Å². The van der Waals surface area contributed by atoms with E-state index in [1.807, 2.05) is 6.07 Å². The van der Waals surface area contributed by atoms with Gasteiger partial charge in [0.2, 0.25) is 0 Å². The van der Waals surface area contributed by atoms with Gasteiger partial charge < -0.3 is 19.3 Å². The highest BCUT2D eigenvalue weighted by Crippen LogP contribution is 2.47. The van der Waals surface area contributed by atoms with Gasteiger partial charge in [-0.1, -0.05) is 0 Å². The SMILES string of the molecule is COc1cc2c(c(OC)c1)-c1cc(C#N)c(OC)cc1C(O)C2. The Kier molecular flexibility index (Phi) is 3.85. The Morgan fingerprint density at radius 1 is 1.04 bits per heavy atom. The topological polar surface area (TPSA) is 71.7 Å². The number of aliphatic hydroxyl groups excluding tert-OH is 1. The molecular weight excluding hydrogens is 294 g/mol. The fourth-order valence-electron chi connectivity index (χ4n) is 3.05. The van der Waals surface area contributed by atoms with Gasteiger partial charge in [-0.3, -0.25) is 0 Å². The molecule has 0 bridgehead atoms. The number of rotatable bonds is 3. The first-order chi connectivity index (χ1) is 11.1. The molecule has 0 amide bonds. The van der Waals surface area contributed by atoms with Crippen molar-refractivity contribution in [1.82, 2.24) is 0 Å². The summed E-state index contributed by atoms with van der Waals surface area (Å²) in [5.74, 6) is 1.79. The number of fused-ring (bicyclic) bond motifs is 3. The predicted molar refractivity (Wildman–Crippen MR) is 84.9 cm³/mol. The minimum absolute atomic E-state index is 0.421. The van der Waals surface area contributed by atoms with E-state index in [0.717, 1.165) is 22.3 Å². The number of methoxy groups -OCH3 is 3. The standard InChI is InChI=1S/C18H17NO4/c1-21-12-4-10-6-15(20)13-8-16(22-2)11(9-19)5-14(13)18(10)17(7-12)23-3/h4-5,7-8,15,20H,6H2,1-3H3. The normalized spacial score (nSPS) is 15.2. The monoisotopic (exact) mass is 311 g/mol. The Hall–Kier alpha value is -2.71. The number of aliphatic hydroxyl groups is 1. The van der Waals surface area contributed by atoms with Crippen molar-refractivity contribution in [3.05, 3.63) is 41.0 Å². The predicted octanol–water partition coefficient (Wildman–Crippen LogP) is 2.84. The molecule has 0 aromatic heterocycles. The van der Waals surface area contributed by atoms with Crippen LogP contribution >= 0.6 is 0 Å². The highest BCUT2D eigenvalue weighted by atomic mass is 16.5. The summed E-state index contributed by atoms with van der Waals surface area (Å²) in [7, 11) is 4.69. The van der Waals surface area contributed by atoms with Crippen molar-refractivity contribution in [2.45, 2.75) is 12.5 Å². The molecule has 0 radical (unpaired) electrons. The van der Waals surface area contributed by atoms with Crippen molar-refractivity contribution >= 4 is 0 Å². The van der Waals surface area contributed by atoms with Crippen LogP contribution in [-0.4, -0.2) is 26.4 Å². The maximum atomic E-state index is 10.5. The number of benzene rings is 2. The lowest BCUT2D eigenvalue weighted by atomic mass is 9.82. The molecular formula is C18H17NO4. The van der Waals surface area contributed by atoms with E-state index in [2.05, 4.69) is 6.07 Å². The van der Waals surface area contributed by atoms with Crippen molar-refractivity contribution in [3.8, 4) is 34.4 Å². The van der Waals surface area contributed by atoms with Crippen molar-refractivity contribution in [3.63, 3.8) is 0 Å². The van der Waals surface area contributed by atoms with Crippen LogP contribution in [0.4, 0.5) is 0 Å². The fourth-order valence-corrected chi connectivity index (χ4v) is 3.05. The first-order valence-corrected chi connectivity index (χ1v) is 7.18. The van der Waals surface area contributed by atoms with E-state index in [1.54, 1.807) is 32.4 Å². The summed E-state index contributed by atoms with van der Waals surface area (Å²) in [4.78, 5) is 0. The molecule has 0 spiro atoms. The average molecular weight is 311 g/mol. The number of nitriles is 1. The van der Waals surface area contributed by atoms with E-state index in [1.165, 1.54) is 7.11 Å². The molecule has 0 saturated carbocycles. The minimum Gasteiger partial charge on any atom is -0.497 e. The molecule has 0 heterocycles.